The smallest absolute Gasteiger partial charge is 0.0551 e. The van der Waals surface area contributed by atoms with Crippen LogP contribution in [0, 0.1) is 6.92 Å². The van der Waals surface area contributed by atoms with Crippen LogP contribution in [0.15, 0.2) is 55.1 Å². The zero-order valence-corrected chi connectivity index (χ0v) is 18.5. The van der Waals surface area contributed by atoms with Crippen LogP contribution in [0.4, 0.5) is 0 Å². The Labute approximate surface area is 181 Å². The number of allylic oxidation sites excluding steroid dienone is 2. The Bertz CT molecular complexity index is 1500. The minimum absolute atomic E-state index is 1.03. The molecule has 0 aliphatic rings. The molecule has 3 aromatic carbocycles. The molecular weight excluding hydrogens is 382 g/mol. The van der Waals surface area contributed by atoms with Gasteiger partial charge in [-0.25, -0.2) is 0 Å². The van der Waals surface area contributed by atoms with Crippen LogP contribution in [0.3, 0.4) is 0 Å². The molecule has 1 nitrogen and oxygen atoms in total. The first-order valence-electron chi connectivity index (χ1n) is 10.5. The normalized spacial score (nSPS) is 12.5. The molecule has 0 spiro atoms. The predicted molar refractivity (Wildman–Crippen MR) is 138 cm³/mol. The van der Waals surface area contributed by atoms with Gasteiger partial charge in [0, 0.05) is 42.4 Å². The number of nitrogens with one attached hydrogen (secondary N) is 1. The number of hydrogen-bond acceptors (Lipinski definition) is 1. The van der Waals surface area contributed by atoms with Crippen molar-refractivity contribution in [3.05, 3.63) is 76.7 Å². The number of thiophene rings is 1. The van der Waals surface area contributed by atoms with E-state index in [0.717, 1.165) is 6.42 Å². The molecule has 0 saturated carbocycles. The van der Waals surface area contributed by atoms with Gasteiger partial charge in [0.15, 0.2) is 0 Å². The lowest BCUT2D eigenvalue weighted by Gasteiger charge is -2.08. The van der Waals surface area contributed by atoms with Gasteiger partial charge in [-0.05, 0) is 48.7 Å². The van der Waals surface area contributed by atoms with Crippen LogP contribution in [-0.2, 0) is 0 Å². The molecule has 2 heteroatoms. The zero-order chi connectivity index (χ0) is 20.8. The molecule has 30 heavy (non-hydrogen) atoms. The van der Waals surface area contributed by atoms with Crippen molar-refractivity contribution in [3.63, 3.8) is 0 Å². The summed E-state index contributed by atoms with van der Waals surface area (Å²) in [6, 6.07) is 13.2. The average molecular weight is 408 g/mol. The minimum atomic E-state index is 1.03. The maximum absolute atomic E-state index is 4.17. The molecule has 0 fully saturated rings. The monoisotopic (exact) mass is 407 g/mol. The van der Waals surface area contributed by atoms with Crippen LogP contribution >= 0.6 is 11.3 Å². The molecule has 1 N–H and O–H groups in total. The first-order valence-corrected chi connectivity index (χ1v) is 11.3. The summed E-state index contributed by atoms with van der Waals surface area (Å²) in [6.07, 6.45) is 11.9. The third-order valence-electron chi connectivity index (χ3n) is 5.91. The van der Waals surface area contributed by atoms with E-state index < -0.39 is 0 Å². The molecule has 0 atom stereocenters. The van der Waals surface area contributed by atoms with Crippen LogP contribution < -0.4 is 0 Å². The Morgan fingerprint density at radius 1 is 1.00 bits per heavy atom. The summed E-state index contributed by atoms with van der Waals surface area (Å²) in [4.78, 5) is 5.12. The van der Waals surface area contributed by atoms with Gasteiger partial charge in [-0.1, -0.05) is 68.1 Å². The second-order valence-corrected chi connectivity index (χ2v) is 8.96. The van der Waals surface area contributed by atoms with E-state index in [1.165, 1.54) is 64.2 Å². The molecule has 5 aromatic rings. The highest BCUT2D eigenvalue weighted by Gasteiger charge is 2.20. The Hall–Kier alpha value is -3.10. The molecule has 148 valence electrons. The van der Waals surface area contributed by atoms with E-state index in [1.807, 2.05) is 17.4 Å². The fraction of sp³-hybridized carbons (Fsp3) is 0.143. The van der Waals surface area contributed by atoms with Crippen LogP contribution in [0.2, 0.25) is 0 Å². The maximum Gasteiger partial charge on any atom is 0.0551 e. The number of fused-ring (bicyclic) bond motifs is 6. The average Bonchev–Trinajstić information content (AvgIpc) is 3.27. The van der Waals surface area contributed by atoms with Crippen molar-refractivity contribution in [1.29, 1.82) is 0 Å². The van der Waals surface area contributed by atoms with Crippen molar-refractivity contribution in [1.82, 2.24) is 4.98 Å². The molecule has 0 amide bonds. The molecule has 0 saturated heterocycles. The van der Waals surface area contributed by atoms with Crippen LogP contribution in [0.25, 0.3) is 60.9 Å². The number of aryl methyl sites for hydroxylation is 1. The van der Waals surface area contributed by atoms with E-state index in [9.17, 15) is 0 Å². The van der Waals surface area contributed by atoms with Crippen LogP contribution in [0.1, 0.15) is 41.8 Å². The number of aromatic amines is 1. The molecule has 0 unspecified atom stereocenters. The Morgan fingerprint density at radius 2 is 1.77 bits per heavy atom. The molecule has 0 radical (unpaired) electrons. The molecule has 0 bridgehead atoms. The number of aromatic nitrogens is 1. The summed E-state index contributed by atoms with van der Waals surface area (Å²) in [6.45, 7) is 10.7. The van der Waals surface area contributed by atoms with Crippen molar-refractivity contribution >= 4 is 72.2 Å². The van der Waals surface area contributed by atoms with E-state index in [0.29, 0.717) is 0 Å². The van der Waals surface area contributed by atoms with Crippen molar-refractivity contribution in [2.45, 2.75) is 27.2 Å². The first kappa shape index (κ1) is 18.9. The van der Waals surface area contributed by atoms with Gasteiger partial charge in [0.1, 0.15) is 0 Å². The molecule has 2 aromatic heterocycles. The van der Waals surface area contributed by atoms with E-state index in [2.05, 4.69) is 93.0 Å². The van der Waals surface area contributed by atoms with Crippen molar-refractivity contribution in [2.24, 2.45) is 0 Å². The maximum atomic E-state index is 4.17. The minimum Gasteiger partial charge on any atom is -0.354 e. The number of hydrogen-bond donors (Lipinski definition) is 1. The Morgan fingerprint density at radius 3 is 2.47 bits per heavy atom. The predicted octanol–water partition coefficient (Wildman–Crippen LogP) is 9.10. The van der Waals surface area contributed by atoms with E-state index in [1.54, 1.807) is 0 Å². The Balaban J connectivity index is 2.09. The standard InChI is InChI=1S/C28H25NS/c1-5-8-14-21-17(4)30-28-20(7-3)22(11-6-2)27-25(26(21)28)23-15-18-12-9-10-13-19(18)16-24(23)29-27/h6-16,29H,3,5H2,1-2,4H3/b11-6-,14-8-. The molecule has 0 aliphatic heterocycles. The summed E-state index contributed by atoms with van der Waals surface area (Å²) in [7, 11) is 0. The van der Waals surface area contributed by atoms with Crippen LogP contribution in [0.5, 0.6) is 0 Å². The lowest BCUT2D eigenvalue weighted by Crippen LogP contribution is -1.86. The van der Waals surface area contributed by atoms with E-state index >= 15 is 0 Å². The second kappa shape index (κ2) is 7.30. The molecule has 5 rings (SSSR count). The summed E-state index contributed by atoms with van der Waals surface area (Å²) >= 11 is 1.88. The summed E-state index contributed by atoms with van der Waals surface area (Å²) in [5.41, 5.74) is 6.17. The van der Waals surface area contributed by atoms with Gasteiger partial charge in [0.25, 0.3) is 0 Å². The van der Waals surface area contributed by atoms with Gasteiger partial charge in [-0.15, -0.1) is 11.3 Å². The fourth-order valence-electron chi connectivity index (χ4n) is 4.58. The topological polar surface area (TPSA) is 15.8 Å². The third kappa shape index (κ3) is 2.68. The lowest BCUT2D eigenvalue weighted by atomic mass is 9.95. The SMILES string of the molecule is C=Cc1c(/C=C\C)c2[nH]c3cc4ccccc4cc3c2c2c(/C=C\CC)c(C)sc12. The van der Waals surface area contributed by atoms with Gasteiger partial charge in [-0.2, -0.15) is 0 Å². The lowest BCUT2D eigenvalue weighted by molar-refractivity contribution is 1.23. The van der Waals surface area contributed by atoms with Crippen LogP contribution in [-0.4, -0.2) is 4.98 Å². The van der Waals surface area contributed by atoms with Gasteiger partial charge in [0.05, 0.1) is 5.52 Å². The fourth-order valence-corrected chi connectivity index (χ4v) is 5.78. The van der Waals surface area contributed by atoms with Gasteiger partial charge < -0.3 is 4.98 Å². The summed E-state index contributed by atoms with van der Waals surface area (Å²) in [5.74, 6) is 0. The molecule has 0 aliphatic carbocycles. The van der Waals surface area contributed by atoms with Gasteiger partial charge >= 0.3 is 0 Å². The van der Waals surface area contributed by atoms with Gasteiger partial charge in [0.2, 0.25) is 0 Å². The largest absolute Gasteiger partial charge is 0.354 e. The summed E-state index contributed by atoms with van der Waals surface area (Å²) < 4.78 is 1.33. The van der Waals surface area contributed by atoms with Gasteiger partial charge in [-0.3, -0.25) is 0 Å². The van der Waals surface area contributed by atoms with Crippen molar-refractivity contribution in [3.8, 4) is 0 Å². The van der Waals surface area contributed by atoms with Crippen molar-refractivity contribution in [2.75, 3.05) is 0 Å². The first-order chi connectivity index (χ1) is 14.7. The highest BCUT2D eigenvalue weighted by molar-refractivity contribution is 7.19. The third-order valence-corrected chi connectivity index (χ3v) is 7.06. The van der Waals surface area contributed by atoms with E-state index in [4.69, 9.17) is 0 Å². The quantitative estimate of drug-likeness (QED) is 0.306. The Kier molecular flexibility index (Phi) is 4.60. The second-order valence-electron chi connectivity index (χ2n) is 7.74. The van der Waals surface area contributed by atoms with E-state index in [-0.39, 0.29) is 0 Å². The number of H-pyrrole nitrogens is 1. The number of rotatable bonds is 4. The molecule has 2 heterocycles. The highest BCUT2D eigenvalue weighted by atomic mass is 32.1. The highest BCUT2D eigenvalue weighted by Crippen LogP contribution is 2.45. The summed E-state index contributed by atoms with van der Waals surface area (Å²) in [5, 5.41) is 6.50. The molecular formula is C28H25NS. The van der Waals surface area contributed by atoms with Crippen molar-refractivity contribution < 1.29 is 0 Å². The zero-order valence-electron chi connectivity index (χ0n) is 17.7. The number of benzene rings is 3.